The summed E-state index contributed by atoms with van der Waals surface area (Å²) in [7, 11) is 0. The molecule has 0 unspecified atom stereocenters. The molecule has 3 rings (SSSR count). The molecule has 0 fully saturated rings. The molecule has 2 aromatic carbocycles. The van der Waals surface area contributed by atoms with E-state index in [1.54, 1.807) is 0 Å². The van der Waals surface area contributed by atoms with Crippen molar-refractivity contribution in [1.29, 1.82) is 0 Å². The lowest BCUT2D eigenvalue weighted by atomic mass is 10.0. The molecule has 1 N–H and O–H groups in total. The van der Waals surface area contributed by atoms with Gasteiger partial charge in [0.05, 0.1) is 23.2 Å². The number of ether oxygens (including phenoxy) is 1. The molecule has 1 heterocycles. The van der Waals surface area contributed by atoms with Gasteiger partial charge < -0.3 is 9.84 Å². The molecule has 4 nitrogen and oxygen atoms in total. The van der Waals surface area contributed by atoms with Crippen LogP contribution in [0.3, 0.4) is 0 Å². The minimum atomic E-state index is -0.436. The summed E-state index contributed by atoms with van der Waals surface area (Å²) in [4.78, 5) is 16.8. The van der Waals surface area contributed by atoms with E-state index in [4.69, 9.17) is 9.84 Å². The van der Waals surface area contributed by atoms with Crippen LogP contribution in [0.4, 0.5) is 0 Å². The standard InChI is InChI=1S/C16H13NO3/c18-9-10-20-16(19)15-11-5-1-3-7-13(11)17-14-8-4-2-6-12(14)15/h1-8,18H,9-10H2. The number of benzene rings is 2. The van der Waals surface area contributed by atoms with Crippen LogP contribution >= 0.6 is 0 Å². The second-order valence-corrected chi connectivity index (χ2v) is 4.38. The molecule has 0 bridgehead atoms. The summed E-state index contributed by atoms with van der Waals surface area (Å²) in [5, 5.41) is 10.3. The van der Waals surface area contributed by atoms with E-state index in [0.29, 0.717) is 5.56 Å². The molecule has 0 atom stereocenters. The summed E-state index contributed by atoms with van der Waals surface area (Å²) in [6.45, 7) is -0.198. The quantitative estimate of drug-likeness (QED) is 0.585. The molecule has 1 aromatic heterocycles. The van der Waals surface area contributed by atoms with Gasteiger partial charge in [0, 0.05) is 10.8 Å². The highest BCUT2D eigenvalue weighted by atomic mass is 16.5. The number of rotatable bonds is 3. The lowest BCUT2D eigenvalue weighted by molar-refractivity contribution is 0.0438. The summed E-state index contributed by atoms with van der Waals surface area (Å²) >= 11 is 0. The highest BCUT2D eigenvalue weighted by molar-refractivity contribution is 6.14. The van der Waals surface area contributed by atoms with Gasteiger partial charge in [0.2, 0.25) is 0 Å². The maximum atomic E-state index is 12.3. The van der Waals surface area contributed by atoms with Crippen LogP contribution in [0, 0.1) is 0 Å². The number of hydrogen-bond donors (Lipinski definition) is 1. The fourth-order valence-corrected chi connectivity index (χ4v) is 2.27. The van der Waals surface area contributed by atoms with Crippen LogP contribution in [0.25, 0.3) is 21.8 Å². The third-order valence-electron chi connectivity index (χ3n) is 3.12. The molecule has 0 amide bonds. The number of aromatic nitrogens is 1. The Morgan fingerprint density at radius 1 is 1.00 bits per heavy atom. The molecule has 3 aromatic rings. The van der Waals surface area contributed by atoms with Crippen molar-refractivity contribution in [3.63, 3.8) is 0 Å². The smallest absolute Gasteiger partial charge is 0.339 e. The Balaban J connectivity index is 2.30. The van der Waals surface area contributed by atoms with Crippen molar-refractivity contribution in [2.45, 2.75) is 0 Å². The zero-order valence-corrected chi connectivity index (χ0v) is 10.7. The second kappa shape index (κ2) is 5.27. The molecule has 0 aliphatic heterocycles. The number of esters is 1. The highest BCUT2D eigenvalue weighted by Crippen LogP contribution is 2.26. The molecule has 20 heavy (non-hydrogen) atoms. The summed E-state index contributed by atoms with van der Waals surface area (Å²) in [6.07, 6.45) is 0. The maximum absolute atomic E-state index is 12.3. The molecule has 0 spiro atoms. The number of nitrogens with zero attached hydrogens (tertiary/aromatic N) is 1. The van der Waals surface area contributed by atoms with Gasteiger partial charge >= 0.3 is 5.97 Å². The first-order valence-corrected chi connectivity index (χ1v) is 6.37. The zero-order valence-electron chi connectivity index (χ0n) is 10.7. The second-order valence-electron chi connectivity index (χ2n) is 4.38. The van der Waals surface area contributed by atoms with Crippen LogP contribution in [0.1, 0.15) is 10.4 Å². The summed E-state index contributed by atoms with van der Waals surface area (Å²) in [6, 6.07) is 14.9. The minimum absolute atomic E-state index is 0.0101. The predicted molar refractivity (Wildman–Crippen MR) is 76.6 cm³/mol. The number of hydrogen-bond acceptors (Lipinski definition) is 4. The van der Waals surface area contributed by atoms with E-state index in [1.807, 2.05) is 48.5 Å². The van der Waals surface area contributed by atoms with Gasteiger partial charge in [-0.25, -0.2) is 9.78 Å². The first kappa shape index (κ1) is 12.6. The molecule has 0 saturated carbocycles. The predicted octanol–water partition coefficient (Wildman–Crippen LogP) is 2.54. The number of carbonyl (C=O) groups excluding carboxylic acids is 1. The SMILES string of the molecule is O=C(OCCO)c1c2ccccc2nc2ccccc12. The zero-order chi connectivity index (χ0) is 13.9. The Morgan fingerprint density at radius 3 is 2.10 bits per heavy atom. The number of aliphatic hydroxyl groups excluding tert-OH is 1. The van der Waals surface area contributed by atoms with E-state index in [9.17, 15) is 4.79 Å². The van der Waals surface area contributed by atoms with E-state index in [-0.39, 0.29) is 13.2 Å². The average Bonchev–Trinajstić information content (AvgIpc) is 2.50. The Morgan fingerprint density at radius 2 is 1.55 bits per heavy atom. The molecule has 4 heteroatoms. The fraction of sp³-hybridized carbons (Fsp3) is 0.125. The fourth-order valence-electron chi connectivity index (χ4n) is 2.27. The summed E-state index contributed by atoms with van der Waals surface area (Å²) in [5.41, 5.74) is 2.00. The molecule has 0 radical (unpaired) electrons. The van der Waals surface area contributed by atoms with E-state index in [0.717, 1.165) is 21.8 Å². The number of carbonyl (C=O) groups is 1. The van der Waals surface area contributed by atoms with Crippen molar-refractivity contribution in [3.05, 3.63) is 54.1 Å². The number of fused-ring (bicyclic) bond motifs is 2. The molecule has 0 aliphatic carbocycles. The van der Waals surface area contributed by atoms with Gasteiger partial charge in [-0.05, 0) is 12.1 Å². The Kier molecular flexibility index (Phi) is 3.31. The Bertz CT molecular complexity index is 729. The van der Waals surface area contributed by atoms with Crippen LogP contribution in [-0.2, 0) is 4.74 Å². The van der Waals surface area contributed by atoms with Crippen LogP contribution in [0.2, 0.25) is 0 Å². The van der Waals surface area contributed by atoms with Gasteiger partial charge in [0.15, 0.2) is 0 Å². The largest absolute Gasteiger partial charge is 0.460 e. The van der Waals surface area contributed by atoms with E-state index < -0.39 is 5.97 Å². The van der Waals surface area contributed by atoms with Crippen molar-refractivity contribution >= 4 is 27.8 Å². The highest BCUT2D eigenvalue weighted by Gasteiger charge is 2.16. The van der Waals surface area contributed by atoms with Gasteiger partial charge in [0.1, 0.15) is 6.61 Å². The maximum Gasteiger partial charge on any atom is 0.339 e. The van der Waals surface area contributed by atoms with E-state index in [2.05, 4.69) is 4.98 Å². The lowest BCUT2D eigenvalue weighted by Gasteiger charge is -2.10. The number of para-hydroxylation sites is 2. The van der Waals surface area contributed by atoms with Crippen LogP contribution in [0.5, 0.6) is 0 Å². The summed E-state index contributed by atoms with van der Waals surface area (Å²) in [5.74, 6) is -0.436. The van der Waals surface area contributed by atoms with Gasteiger partial charge in [-0.3, -0.25) is 0 Å². The van der Waals surface area contributed by atoms with Crippen molar-refractivity contribution in [1.82, 2.24) is 4.98 Å². The Labute approximate surface area is 115 Å². The molecule has 0 aliphatic rings. The topological polar surface area (TPSA) is 59.4 Å². The molecular weight excluding hydrogens is 254 g/mol. The van der Waals surface area contributed by atoms with E-state index in [1.165, 1.54) is 0 Å². The normalized spacial score (nSPS) is 10.8. The van der Waals surface area contributed by atoms with E-state index >= 15 is 0 Å². The van der Waals surface area contributed by atoms with Crippen molar-refractivity contribution in [2.75, 3.05) is 13.2 Å². The van der Waals surface area contributed by atoms with Gasteiger partial charge in [0.25, 0.3) is 0 Å². The molecule has 100 valence electrons. The Hall–Kier alpha value is -2.46. The van der Waals surface area contributed by atoms with Crippen molar-refractivity contribution in [2.24, 2.45) is 0 Å². The monoisotopic (exact) mass is 267 g/mol. The van der Waals surface area contributed by atoms with Crippen molar-refractivity contribution < 1.29 is 14.6 Å². The first-order valence-electron chi connectivity index (χ1n) is 6.37. The number of aliphatic hydroxyl groups is 1. The van der Waals surface area contributed by atoms with Crippen LogP contribution < -0.4 is 0 Å². The number of pyridine rings is 1. The third kappa shape index (κ3) is 2.10. The molecule has 0 saturated heterocycles. The minimum Gasteiger partial charge on any atom is -0.460 e. The van der Waals surface area contributed by atoms with Gasteiger partial charge in [-0.1, -0.05) is 36.4 Å². The van der Waals surface area contributed by atoms with Gasteiger partial charge in [-0.15, -0.1) is 0 Å². The third-order valence-corrected chi connectivity index (χ3v) is 3.12. The van der Waals surface area contributed by atoms with Crippen molar-refractivity contribution in [3.8, 4) is 0 Å². The summed E-state index contributed by atoms with van der Waals surface area (Å²) < 4.78 is 5.08. The van der Waals surface area contributed by atoms with Crippen LogP contribution in [-0.4, -0.2) is 29.3 Å². The first-order chi connectivity index (χ1) is 9.81. The van der Waals surface area contributed by atoms with Gasteiger partial charge in [-0.2, -0.15) is 0 Å². The lowest BCUT2D eigenvalue weighted by Crippen LogP contribution is -2.10. The molecular formula is C16H13NO3. The van der Waals surface area contributed by atoms with Crippen LogP contribution in [0.15, 0.2) is 48.5 Å². The average molecular weight is 267 g/mol.